The van der Waals surface area contributed by atoms with Gasteiger partial charge in [-0.05, 0) is 32.4 Å². The molecule has 0 aliphatic rings. The van der Waals surface area contributed by atoms with E-state index in [4.69, 9.17) is 0 Å². The summed E-state index contributed by atoms with van der Waals surface area (Å²) in [6.07, 6.45) is 0. The summed E-state index contributed by atoms with van der Waals surface area (Å²) in [5.74, 6) is -0.202. The lowest BCUT2D eigenvalue weighted by Gasteiger charge is -2.26. The summed E-state index contributed by atoms with van der Waals surface area (Å²) in [6, 6.07) is 16.8. The molecule has 0 aliphatic carbocycles. The zero-order valence-corrected chi connectivity index (χ0v) is 15.5. The zero-order valence-electron chi connectivity index (χ0n) is 15.5. The lowest BCUT2D eigenvalue weighted by atomic mass is 10.1. The predicted octanol–water partition coefficient (Wildman–Crippen LogP) is 3.81. The molecule has 1 atom stereocenters. The lowest BCUT2D eigenvalue weighted by Crippen LogP contribution is -2.34. The number of rotatable bonds is 4. The number of benzene rings is 2. The fourth-order valence-electron chi connectivity index (χ4n) is 3.01. The van der Waals surface area contributed by atoms with E-state index in [1.165, 1.54) is 4.68 Å². The smallest absolute Gasteiger partial charge is 0.275 e. The van der Waals surface area contributed by atoms with Gasteiger partial charge in [0.05, 0.1) is 17.5 Å². The maximum atomic E-state index is 13.2. The second-order valence-corrected chi connectivity index (χ2v) is 6.74. The number of hydrogen-bond acceptors (Lipinski definition) is 3. The highest BCUT2D eigenvalue weighted by molar-refractivity contribution is 6.04. The van der Waals surface area contributed by atoms with E-state index in [0.717, 1.165) is 5.56 Å². The molecule has 0 fully saturated rings. The largest absolute Gasteiger partial charge is 0.334 e. The van der Waals surface area contributed by atoms with Crippen molar-refractivity contribution in [2.75, 3.05) is 7.05 Å². The molecular formula is C21H23N3O2. The van der Waals surface area contributed by atoms with Crippen LogP contribution in [0.1, 0.15) is 48.9 Å². The number of nitrogens with zero attached hydrogens (tertiary/aromatic N) is 3. The molecule has 0 saturated heterocycles. The molecule has 3 aromatic rings. The van der Waals surface area contributed by atoms with E-state index >= 15 is 0 Å². The Bertz CT molecular complexity index is 993. The number of carbonyl (C=O) groups excluding carboxylic acids is 1. The maximum Gasteiger partial charge on any atom is 0.275 e. The van der Waals surface area contributed by atoms with Crippen LogP contribution in [0.25, 0.3) is 10.8 Å². The molecule has 1 heterocycles. The van der Waals surface area contributed by atoms with Crippen molar-refractivity contribution in [2.45, 2.75) is 32.9 Å². The molecule has 0 N–H and O–H groups in total. The maximum absolute atomic E-state index is 13.2. The molecule has 0 aliphatic heterocycles. The Morgan fingerprint density at radius 1 is 0.962 bits per heavy atom. The molecule has 134 valence electrons. The number of fused-ring (bicyclic) bond motifs is 1. The third-order valence-corrected chi connectivity index (χ3v) is 4.70. The molecule has 5 nitrogen and oxygen atoms in total. The van der Waals surface area contributed by atoms with Crippen LogP contribution >= 0.6 is 0 Å². The van der Waals surface area contributed by atoms with E-state index in [1.54, 1.807) is 30.1 Å². The van der Waals surface area contributed by atoms with Gasteiger partial charge in [-0.15, -0.1) is 0 Å². The van der Waals surface area contributed by atoms with E-state index in [0.29, 0.717) is 16.5 Å². The summed E-state index contributed by atoms with van der Waals surface area (Å²) in [4.78, 5) is 27.5. The van der Waals surface area contributed by atoms with Gasteiger partial charge >= 0.3 is 0 Å². The minimum absolute atomic E-state index is 0.108. The van der Waals surface area contributed by atoms with E-state index in [-0.39, 0.29) is 23.6 Å². The number of hydrogen-bond donors (Lipinski definition) is 0. The molecule has 0 radical (unpaired) electrons. The summed E-state index contributed by atoms with van der Waals surface area (Å²) < 4.78 is 1.39. The van der Waals surface area contributed by atoms with E-state index in [2.05, 4.69) is 5.10 Å². The topological polar surface area (TPSA) is 55.2 Å². The van der Waals surface area contributed by atoms with Crippen LogP contribution in [-0.4, -0.2) is 27.6 Å². The van der Waals surface area contributed by atoms with Crippen LogP contribution in [0.15, 0.2) is 59.4 Å². The molecule has 1 unspecified atom stereocenters. The Labute approximate surface area is 152 Å². The van der Waals surface area contributed by atoms with Crippen LogP contribution in [0.4, 0.5) is 0 Å². The summed E-state index contributed by atoms with van der Waals surface area (Å²) in [6.45, 7) is 5.75. The summed E-state index contributed by atoms with van der Waals surface area (Å²) >= 11 is 0. The van der Waals surface area contributed by atoms with Gasteiger partial charge in [-0.3, -0.25) is 9.59 Å². The molecule has 5 heteroatoms. The highest BCUT2D eigenvalue weighted by Crippen LogP contribution is 2.22. The first-order valence-electron chi connectivity index (χ1n) is 8.75. The van der Waals surface area contributed by atoms with Gasteiger partial charge in [0, 0.05) is 12.4 Å². The van der Waals surface area contributed by atoms with Gasteiger partial charge in [0.15, 0.2) is 5.69 Å². The van der Waals surface area contributed by atoms with Crippen molar-refractivity contribution in [2.24, 2.45) is 0 Å². The number of amides is 1. The van der Waals surface area contributed by atoms with Crippen molar-refractivity contribution in [3.63, 3.8) is 0 Å². The average molecular weight is 349 g/mol. The number of aromatic nitrogens is 2. The van der Waals surface area contributed by atoms with Crippen molar-refractivity contribution >= 4 is 16.7 Å². The van der Waals surface area contributed by atoms with Crippen LogP contribution < -0.4 is 5.56 Å². The van der Waals surface area contributed by atoms with E-state index in [1.807, 2.05) is 57.2 Å². The molecule has 1 aromatic heterocycles. The van der Waals surface area contributed by atoms with Gasteiger partial charge in [-0.25, -0.2) is 4.68 Å². The van der Waals surface area contributed by atoms with Crippen molar-refractivity contribution in [1.82, 2.24) is 14.7 Å². The van der Waals surface area contributed by atoms with Gasteiger partial charge in [0.1, 0.15) is 0 Å². The van der Waals surface area contributed by atoms with E-state index in [9.17, 15) is 9.59 Å². The van der Waals surface area contributed by atoms with Gasteiger partial charge in [0.25, 0.3) is 11.5 Å². The molecule has 26 heavy (non-hydrogen) atoms. The summed E-state index contributed by atoms with van der Waals surface area (Å²) in [5, 5.41) is 5.51. The minimum Gasteiger partial charge on any atom is -0.334 e. The highest BCUT2D eigenvalue weighted by atomic mass is 16.2. The Kier molecular flexibility index (Phi) is 4.89. The fraction of sp³-hybridized carbons (Fsp3) is 0.286. The summed E-state index contributed by atoms with van der Waals surface area (Å²) in [5.41, 5.74) is 1.18. The molecule has 2 aromatic carbocycles. The molecule has 0 bridgehead atoms. The van der Waals surface area contributed by atoms with Gasteiger partial charge in [-0.1, -0.05) is 48.5 Å². The second kappa shape index (κ2) is 7.12. The van der Waals surface area contributed by atoms with Crippen LogP contribution in [0.3, 0.4) is 0 Å². The SMILES string of the molecule is CC(c1ccccc1)N(C)C(=O)c1nn(C(C)C)c(=O)c2ccccc12. The minimum atomic E-state index is -0.202. The standard InChI is InChI=1S/C21H23N3O2/c1-14(2)24-20(25)18-13-9-8-12-17(18)19(22-24)21(26)23(4)15(3)16-10-6-5-7-11-16/h5-15H,1-4H3. The van der Waals surface area contributed by atoms with Gasteiger partial charge in [-0.2, -0.15) is 5.10 Å². The molecule has 0 spiro atoms. The second-order valence-electron chi connectivity index (χ2n) is 6.74. The van der Waals surface area contributed by atoms with Crippen LogP contribution in [0.5, 0.6) is 0 Å². The predicted molar refractivity (Wildman–Crippen MR) is 103 cm³/mol. The van der Waals surface area contributed by atoms with Crippen molar-refractivity contribution in [1.29, 1.82) is 0 Å². The lowest BCUT2D eigenvalue weighted by molar-refractivity contribution is 0.0736. The fourth-order valence-corrected chi connectivity index (χ4v) is 3.01. The Morgan fingerprint density at radius 2 is 1.54 bits per heavy atom. The van der Waals surface area contributed by atoms with E-state index < -0.39 is 0 Å². The molecule has 3 rings (SSSR count). The zero-order chi connectivity index (χ0) is 18.8. The first-order valence-corrected chi connectivity index (χ1v) is 8.75. The quantitative estimate of drug-likeness (QED) is 0.720. The van der Waals surface area contributed by atoms with Crippen molar-refractivity contribution in [3.05, 3.63) is 76.2 Å². The molecular weight excluding hydrogens is 326 g/mol. The summed E-state index contributed by atoms with van der Waals surface area (Å²) in [7, 11) is 1.77. The Morgan fingerprint density at radius 3 is 2.15 bits per heavy atom. The first-order chi connectivity index (χ1) is 12.4. The monoisotopic (exact) mass is 349 g/mol. The molecule has 1 amide bonds. The number of carbonyl (C=O) groups is 1. The van der Waals surface area contributed by atoms with Crippen molar-refractivity contribution in [3.8, 4) is 0 Å². The normalized spacial score (nSPS) is 12.3. The van der Waals surface area contributed by atoms with Crippen LogP contribution in [-0.2, 0) is 0 Å². The third kappa shape index (κ3) is 3.12. The Hall–Kier alpha value is -2.95. The highest BCUT2D eigenvalue weighted by Gasteiger charge is 2.24. The Balaban J connectivity index is 2.11. The average Bonchev–Trinajstić information content (AvgIpc) is 2.67. The van der Waals surface area contributed by atoms with Crippen LogP contribution in [0.2, 0.25) is 0 Å². The van der Waals surface area contributed by atoms with Gasteiger partial charge < -0.3 is 4.90 Å². The van der Waals surface area contributed by atoms with Gasteiger partial charge in [0.2, 0.25) is 0 Å². The third-order valence-electron chi connectivity index (χ3n) is 4.70. The van der Waals surface area contributed by atoms with Crippen LogP contribution in [0, 0.1) is 0 Å². The van der Waals surface area contributed by atoms with Crippen molar-refractivity contribution < 1.29 is 4.79 Å². The molecule has 0 saturated carbocycles. The first kappa shape index (κ1) is 17.9.